The van der Waals surface area contributed by atoms with Crippen molar-refractivity contribution in [3.63, 3.8) is 0 Å². The van der Waals surface area contributed by atoms with Crippen LogP contribution in [-0.2, 0) is 9.59 Å². The Morgan fingerprint density at radius 3 is 2.06 bits per heavy atom. The number of carbonyl (C=O) groups excluding carboxylic acids is 2. The van der Waals surface area contributed by atoms with Gasteiger partial charge in [-0.3, -0.25) is 14.5 Å². The van der Waals surface area contributed by atoms with Crippen LogP contribution in [0.3, 0.4) is 0 Å². The smallest absolute Gasteiger partial charge is 0.236 e. The first-order chi connectivity index (χ1) is 16.5. The molecule has 0 bridgehead atoms. The van der Waals surface area contributed by atoms with Crippen molar-refractivity contribution < 1.29 is 14.3 Å². The van der Waals surface area contributed by atoms with Crippen molar-refractivity contribution in [2.24, 2.45) is 5.73 Å². The highest BCUT2D eigenvalue weighted by molar-refractivity contribution is 5.83. The van der Waals surface area contributed by atoms with Gasteiger partial charge in [0.25, 0.3) is 0 Å². The minimum atomic E-state index is -0.562. The van der Waals surface area contributed by atoms with E-state index in [4.69, 9.17) is 10.5 Å². The van der Waals surface area contributed by atoms with E-state index in [1.54, 1.807) is 7.11 Å². The molecular weight excluding hydrogens is 428 g/mol. The van der Waals surface area contributed by atoms with E-state index in [0.717, 1.165) is 22.6 Å². The molecule has 0 spiro atoms. The van der Waals surface area contributed by atoms with Gasteiger partial charge in [-0.05, 0) is 35.4 Å². The molecule has 1 fully saturated rings. The topological polar surface area (TPSA) is 87.9 Å². The summed E-state index contributed by atoms with van der Waals surface area (Å²) in [6, 6.07) is 26.6. The highest BCUT2D eigenvalue weighted by atomic mass is 16.5. The Morgan fingerprint density at radius 2 is 1.53 bits per heavy atom. The number of ether oxygens (including phenoxy) is 1. The molecular formula is C27H30N4O3. The van der Waals surface area contributed by atoms with Crippen LogP contribution in [-0.4, -0.2) is 56.0 Å². The van der Waals surface area contributed by atoms with Crippen molar-refractivity contribution in [2.45, 2.75) is 12.1 Å². The maximum Gasteiger partial charge on any atom is 0.236 e. The number of nitrogens with two attached hydrogens (primary N) is 1. The molecule has 1 aliphatic rings. The second-order valence-corrected chi connectivity index (χ2v) is 8.35. The molecule has 1 heterocycles. The number of anilines is 1. The van der Waals surface area contributed by atoms with E-state index in [2.05, 4.69) is 10.2 Å². The van der Waals surface area contributed by atoms with Crippen LogP contribution in [0.1, 0.15) is 17.2 Å². The van der Waals surface area contributed by atoms with Crippen LogP contribution in [0.25, 0.3) is 0 Å². The average Bonchev–Trinajstić information content (AvgIpc) is 2.88. The number of primary amides is 1. The van der Waals surface area contributed by atoms with Gasteiger partial charge in [0, 0.05) is 25.3 Å². The molecule has 2 amide bonds. The van der Waals surface area contributed by atoms with Crippen LogP contribution < -0.4 is 20.7 Å². The zero-order valence-electron chi connectivity index (χ0n) is 19.3. The van der Waals surface area contributed by atoms with Gasteiger partial charge in [-0.2, -0.15) is 0 Å². The van der Waals surface area contributed by atoms with Gasteiger partial charge in [0.2, 0.25) is 11.8 Å². The number of nitrogens with one attached hydrogen (secondary N) is 1. The zero-order valence-corrected chi connectivity index (χ0v) is 19.3. The summed E-state index contributed by atoms with van der Waals surface area (Å²) in [5.41, 5.74) is 8.73. The summed E-state index contributed by atoms with van der Waals surface area (Å²) in [6.45, 7) is 1.76. The van der Waals surface area contributed by atoms with E-state index in [9.17, 15) is 9.59 Å². The Morgan fingerprint density at radius 1 is 0.941 bits per heavy atom. The molecule has 7 nitrogen and oxygen atoms in total. The van der Waals surface area contributed by atoms with Crippen LogP contribution in [0.2, 0.25) is 0 Å². The fraction of sp³-hybridized carbons (Fsp3) is 0.259. The third kappa shape index (κ3) is 5.55. The predicted octanol–water partition coefficient (Wildman–Crippen LogP) is 2.58. The molecule has 7 heteroatoms. The SMILES string of the molecule is COc1ccc(N2CCN(CC(=O)NC(c3ccccc3)c3ccccc3)[C@@H](C(N)=O)C2)cc1. The number of piperazine rings is 1. The van der Waals surface area contributed by atoms with Gasteiger partial charge < -0.3 is 20.7 Å². The molecule has 0 saturated carbocycles. The largest absolute Gasteiger partial charge is 0.497 e. The Balaban J connectivity index is 1.45. The lowest BCUT2D eigenvalue weighted by molar-refractivity contribution is -0.127. The van der Waals surface area contributed by atoms with Crippen molar-refractivity contribution >= 4 is 17.5 Å². The first kappa shape index (κ1) is 23.3. The van der Waals surface area contributed by atoms with E-state index >= 15 is 0 Å². The van der Waals surface area contributed by atoms with Crippen molar-refractivity contribution in [1.29, 1.82) is 0 Å². The monoisotopic (exact) mass is 458 g/mol. The van der Waals surface area contributed by atoms with Crippen molar-refractivity contribution in [3.05, 3.63) is 96.1 Å². The lowest BCUT2D eigenvalue weighted by Gasteiger charge is -2.40. The van der Waals surface area contributed by atoms with E-state index < -0.39 is 11.9 Å². The van der Waals surface area contributed by atoms with Gasteiger partial charge >= 0.3 is 0 Å². The van der Waals surface area contributed by atoms with Crippen LogP contribution in [0.15, 0.2) is 84.9 Å². The summed E-state index contributed by atoms with van der Waals surface area (Å²) in [4.78, 5) is 29.4. The molecule has 1 aliphatic heterocycles. The average molecular weight is 459 g/mol. The first-order valence-electron chi connectivity index (χ1n) is 11.4. The van der Waals surface area contributed by atoms with Crippen LogP contribution >= 0.6 is 0 Å². The van der Waals surface area contributed by atoms with Gasteiger partial charge in [0.1, 0.15) is 11.8 Å². The number of rotatable bonds is 8. The van der Waals surface area contributed by atoms with Gasteiger partial charge in [-0.25, -0.2) is 0 Å². The Hall–Kier alpha value is -3.84. The molecule has 0 unspecified atom stereocenters. The number of methoxy groups -OCH3 is 1. The number of hydrogen-bond acceptors (Lipinski definition) is 5. The first-order valence-corrected chi connectivity index (χ1v) is 11.4. The third-order valence-corrected chi connectivity index (χ3v) is 6.18. The summed E-state index contributed by atoms with van der Waals surface area (Å²) in [7, 11) is 1.63. The number of amides is 2. The van der Waals surface area contributed by atoms with E-state index in [1.807, 2.05) is 89.8 Å². The number of hydrogen-bond donors (Lipinski definition) is 2. The summed E-state index contributed by atoms with van der Waals surface area (Å²) >= 11 is 0. The summed E-state index contributed by atoms with van der Waals surface area (Å²) in [5.74, 6) is 0.187. The van der Waals surface area contributed by atoms with E-state index in [1.165, 1.54) is 0 Å². The zero-order chi connectivity index (χ0) is 23.9. The minimum Gasteiger partial charge on any atom is -0.497 e. The van der Waals surface area contributed by atoms with E-state index in [0.29, 0.717) is 19.6 Å². The summed E-state index contributed by atoms with van der Waals surface area (Å²) in [6.07, 6.45) is 0. The Kier molecular flexibility index (Phi) is 7.44. The van der Waals surface area contributed by atoms with E-state index in [-0.39, 0.29) is 18.5 Å². The molecule has 3 aromatic rings. The Labute approximate surface area is 200 Å². The molecule has 0 aromatic heterocycles. The predicted molar refractivity (Wildman–Crippen MR) is 133 cm³/mol. The molecule has 0 aliphatic carbocycles. The van der Waals surface area contributed by atoms with Crippen molar-refractivity contribution in [2.75, 3.05) is 38.2 Å². The molecule has 0 radical (unpaired) electrons. The maximum atomic E-state index is 13.1. The van der Waals surface area contributed by atoms with Crippen molar-refractivity contribution in [1.82, 2.24) is 10.2 Å². The summed E-state index contributed by atoms with van der Waals surface area (Å²) in [5, 5.41) is 3.15. The lowest BCUT2D eigenvalue weighted by Crippen LogP contribution is -2.60. The minimum absolute atomic E-state index is 0.0974. The molecule has 4 rings (SSSR count). The maximum absolute atomic E-state index is 13.1. The molecule has 3 N–H and O–H groups in total. The number of benzene rings is 3. The van der Waals surface area contributed by atoms with Crippen LogP contribution in [0, 0.1) is 0 Å². The molecule has 1 atom stereocenters. The molecule has 1 saturated heterocycles. The molecule has 3 aromatic carbocycles. The van der Waals surface area contributed by atoms with Crippen LogP contribution in [0.5, 0.6) is 5.75 Å². The standard InChI is InChI=1S/C27H30N4O3/c1-34-23-14-12-22(13-15-23)30-16-17-31(24(18-30)27(28)33)19-25(32)29-26(20-8-4-2-5-9-20)21-10-6-3-7-11-21/h2-15,24,26H,16-19H2,1H3,(H2,28,33)(H,29,32)/t24-/m1/s1. The van der Waals surface area contributed by atoms with Gasteiger partial charge in [-0.15, -0.1) is 0 Å². The van der Waals surface area contributed by atoms with Crippen molar-refractivity contribution in [3.8, 4) is 5.75 Å². The number of carbonyl (C=O) groups is 2. The quantitative estimate of drug-likeness (QED) is 0.542. The van der Waals surface area contributed by atoms with Gasteiger partial charge in [-0.1, -0.05) is 60.7 Å². The fourth-order valence-corrected chi connectivity index (χ4v) is 4.35. The lowest BCUT2D eigenvalue weighted by atomic mass is 9.98. The normalized spacial score (nSPS) is 16.3. The van der Waals surface area contributed by atoms with Gasteiger partial charge in [0.15, 0.2) is 0 Å². The highest BCUT2D eigenvalue weighted by Crippen LogP contribution is 2.24. The second-order valence-electron chi connectivity index (χ2n) is 8.35. The number of nitrogens with zero attached hydrogens (tertiary/aromatic N) is 2. The highest BCUT2D eigenvalue weighted by Gasteiger charge is 2.32. The third-order valence-electron chi connectivity index (χ3n) is 6.18. The molecule has 176 valence electrons. The van der Waals surface area contributed by atoms with Gasteiger partial charge in [0.05, 0.1) is 19.7 Å². The van der Waals surface area contributed by atoms with Crippen LogP contribution in [0.4, 0.5) is 5.69 Å². The summed E-state index contributed by atoms with van der Waals surface area (Å²) < 4.78 is 5.23. The fourth-order valence-electron chi connectivity index (χ4n) is 4.35. The second kappa shape index (κ2) is 10.9. The molecule has 34 heavy (non-hydrogen) atoms. The Bertz CT molecular complexity index is 1050.